The van der Waals surface area contributed by atoms with Crippen LogP contribution in [-0.4, -0.2) is 16.6 Å². The molecule has 1 heterocycles. The number of carbonyl (C=O) groups is 1. The molecule has 0 unspecified atom stereocenters. The summed E-state index contributed by atoms with van der Waals surface area (Å²) in [5, 5.41) is 0. The first-order valence-electron chi connectivity index (χ1n) is 4.18. The highest BCUT2D eigenvalue weighted by Crippen LogP contribution is 2.17. The minimum atomic E-state index is -0.418. The third-order valence-electron chi connectivity index (χ3n) is 1.32. The third-order valence-corrected chi connectivity index (χ3v) is 3.36. The average molecular weight is 325 g/mol. The fraction of sp³-hybridized carbons (Fsp3) is 0.556. The summed E-state index contributed by atoms with van der Waals surface area (Å²) in [5.41, 5.74) is 2.13. The Bertz CT molecular complexity index is 330. The number of ether oxygens (including phenoxy) is 1. The molecule has 0 aromatic carbocycles. The zero-order chi connectivity index (χ0) is 10.8. The molecule has 0 bridgehead atoms. The van der Waals surface area contributed by atoms with Crippen LogP contribution in [0.1, 0.15) is 26.5 Å². The first kappa shape index (κ1) is 11.9. The van der Waals surface area contributed by atoms with Gasteiger partial charge in [0, 0.05) is 0 Å². The van der Waals surface area contributed by atoms with Crippen molar-refractivity contribution in [1.82, 2.24) is 4.98 Å². The Kier molecular flexibility index (Phi) is 3.88. The highest BCUT2D eigenvalue weighted by Gasteiger charge is 2.18. The Hall–Kier alpha value is -0.170. The minimum absolute atomic E-state index is 0.221. The third kappa shape index (κ3) is 3.91. The van der Waals surface area contributed by atoms with Crippen molar-refractivity contribution in [1.29, 1.82) is 0 Å². The topological polar surface area (TPSA) is 39.2 Å². The quantitative estimate of drug-likeness (QED) is 0.620. The van der Waals surface area contributed by atoms with E-state index >= 15 is 0 Å². The number of rotatable bonds is 2. The smallest absolute Gasteiger partial charge is 0.312 e. The van der Waals surface area contributed by atoms with Gasteiger partial charge in [-0.2, -0.15) is 0 Å². The molecule has 0 aliphatic rings. The molecule has 1 rings (SSSR count). The molecule has 0 radical (unpaired) electrons. The van der Waals surface area contributed by atoms with E-state index in [-0.39, 0.29) is 12.4 Å². The number of halogens is 1. The SMILES string of the molecule is CC(C)(C)OC(=O)Cc1ncsc1I. The predicted molar refractivity (Wildman–Crippen MR) is 64.4 cm³/mol. The second kappa shape index (κ2) is 4.57. The maximum atomic E-state index is 11.4. The normalized spacial score (nSPS) is 11.4. The fourth-order valence-corrected chi connectivity index (χ4v) is 2.09. The molecule has 0 aliphatic heterocycles. The molecule has 0 fully saturated rings. The van der Waals surface area contributed by atoms with Crippen molar-refractivity contribution in [3.8, 4) is 0 Å². The predicted octanol–water partition coefficient (Wildman–Crippen LogP) is 2.63. The largest absolute Gasteiger partial charge is 0.460 e. The van der Waals surface area contributed by atoms with Crippen LogP contribution in [0.4, 0.5) is 0 Å². The van der Waals surface area contributed by atoms with Crippen LogP contribution in [0.15, 0.2) is 5.51 Å². The van der Waals surface area contributed by atoms with Crippen LogP contribution >= 0.6 is 33.9 Å². The zero-order valence-electron chi connectivity index (χ0n) is 8.33. The van der Waals surface area contributed by atoms with E-state index in [9.17, 15) is 4.79 Å². The lowest BCUT2D eigenvalue weighted by molar-refractivity contribution is -0.153. The fourth-order valence-electron chi connectivity index (χ4n) is 0.884. The van der Waals surface area contributed by atoms with Crippen LogP contribution in [-0.2, 0) is 16.0 Å². The molecule has 78 valence electrons. The van der Waals surface area contributed by atoms with E-state index in [1.165, 1.54) is 11.3 Å². The van der Waals surface area contributed by atoms with E-state index in [0.717, 1.165) is 8.58 Å². The van der Waals surface area contributed by atoms with Crippen LogP contribution in [0, 0.1) is 2.88 Å². The number of thiazole rings is 1. The molecule has 0 amide bonds. The lowest BCUT2D eigenvalue weighted by Crippen LogP contribution is -2.25. The summed E-state index contributed by atoms with van der Waals surface area (Å²) in [7, 11) is 0. The molecule has 0 N–H and O–H groups in total. The number of nitrogens with zero attached hydrogens (tertiary/aromatic N) is 1. The second-order valence-electron chi connectivity index (χ2n) is 3.84. The van der Waals surface area contributed by atoms with Gasteiger partial charge in [0.25, 0.3) is 0 Å². The van der Waals surface area contributed by atoms with Crippen LogP contribution in [0.2, 0.25) is 0 Å². The summed E-state index contributed by atoms with van der Waals surface area (Å²) in [4.78, 5) is 15.5. The number of carbonyl (C=O) groups excluding carboxylic acids is 1. The molecule has 0 saturated heterocycles. The van der Waals surface area contributed by atoms with Crippen molar-refractivity contribution in [3.63, 3.8) is 0 Å². The lowest BCUT2D eigenvalue weighted by Gasteiger charge is -2.19. The van der Waals surface area contributed by atoms with Gasteiger partial charge in [-0.25, -0.2) is 4.98 Å². The molecule has 0 atom stereocenters. The monoisotopic (exact) mass is 325 g/mol. The van der Waals surface area contributed by atoms with Crippen LogP contribution in [0.5, 0.6) is 0 Å². The van der Waals surface area contributed by atoms with E-state index in [2.05, 4.69) is 27.6 Å². The second-order valence-corrected chi connectivity index (χ2v) is 6.50. The van der Waals surface area contributed by atoms with Gasteiger partial charge < -0.3 is 4.74 Å². The maximum absolute atomic E-state index is 11.4. The van der Waals surface area contributed by atoms with E-state index in [1.54, 1.807) is 5.51 Å². The molecule has 3 nitrogen and oxygen atoms in total. The zero-order valence-corrected chi connectivity index (χ0v) is 11.3. The van der Waals surface area contributed by atoms with Crippen molar-refractivity contribution in [2.75, 3.05) is 0 Å². The van der Waals surface area contributed by atoms with Gasteiger partial charge >= 0.3 is 5.97 Å². The van der Waals surface area contributed by atoms with Crippen molar-refractivity contribution in [2.45, 2.75) is 32.8 Å². The Morgan fingerprint density at radius 3 is 2.71 bits per heavy atom. The number of aromatic nitrogens is 1. The van der Waals surface area contributed by atoms with Crippen molar-refractivity contribution < 1.29 is 9.53 Å². The summed E-state index contributed by atoms with van der Waals surface area (Å²) in [5.74, 6) is -0.221. The van der Waals surface area contributed by atoms with E-state index in [1.807, 2.05) is 20.8 Å². The molecule has 5 heteroatoms. The van der Waals surface area contributed by atoms with Gasteiger partial charge in [0.15, 0.2) is 0 Å². The molecule has 0 spiro atoms. The Morgan fingerprint density at radius 2 is 2.29 bits per heavy atom. The number of hydrogen-bond donors (Lipinski definition) is 0. The first-order valence-corrected chi connectivity index (χ1v) is 6.14. The van der Waals surface area contributed by atoms with Crippen LogP contribution < -0.4 is 0 Å². The number of hydrogen-bond acceptors (Lipinski definition) is 4. The minimum Gasteiger partial charge on any atom is -0.460 e. The lowest BCUT2D eigenvalue weighted by atomic mass is 10.2. The standard InChI is InChI=1S/C9H12INO2S/c1-9(2,3)13-7(12)4-6-8(10)14-5-11-6/h5H,4H2,1-3H3. The molecular weight excluding hydrogens is 313 g/mol. The van der Waals surface area contributed by atoms with E-state index in [0.29, 0.717) is 0 Å². The summed E-state index contributed by atoms with van der Waals surface area (Å²) in [6, 6.07) is 0. The summed E-state index contributed by atoms with van der Waals surface area (Å²) in [6.45, 7) is 5.57. The Labute approximate surface area is 101 Å². The van der Waals surface area contributed by atoms with Crippen LogP contribution in [0.25, 0.3) is 0 Å². The Balaban J connectivity index is 2.54. The van der Waals surface area contributed by atoms with E-state index in [4.69, 9.17) is 4.74 Å². The van der Waals surface area contributed by atoms with E-state index < -0.39 is 5.60 Å². The van der Waals surface area contributed by atoms with Gasteiger partial charge in [0.2, 0.25) is 0 Å². The molecule has 1 aromatic rings. The molecule has 1 aromatic heterocycles. The molecular formula is C9H12INO2S. The van der Waals surface area contributed by atoms with Crippen molar-refractivity contribution >= 4 is 39.9 Å². The summed E-state index contributed by atoms with van der Waals surface area (Å²) in [6.07, 6.45) is 0.263. The molecule has 0 aliphatic carbocycles. The molecule has 14 heavy (non-hydrogen) atoms. The van der Waals surface area contributed by atoms with Gasteiger partial charge in [-0.3, -0.25) is 4.79 Å². The highest BCUT2D eigenvalue weighted by atomic mass is 127. The highest BCUT2D eigenvalue weighted by molar-refractivity contribution is 14.1. The van der Waals surface area contributed by atoms with Gasteiger partial charge in [-0.1, -0.05) is 0 Å². The average Bonchev–Trinajstić information content (AvgIpc) is 2.32. The Morgan fingerprint density at radius 1 is 1.64 bits per heavy atom. The summed E-state index contributed by atoms with van der Waals surface area (Å²) < 4.78 is 6.24. The molecule has 0 saturated carbocycles. The maximum Gasteiger partial charge on any atom is 0.312 e. The van der Waals surface area contributed by atoms with Crippen molar-refractivity contribution in [3.05, 3.63) is 14.1 Å². The number of esters is 1. The summed E-state index contributed by atoms with van der Waals surface area (Å²) >= 11 is 3.71. The van der Waals surface area contributed by atoms with Gasteiger partial charge in [0.05, 0.1) is 20.5 Å². The van der Waals surface area contributed by atoms with Gasteiger partial charge in [-0.05, 0) is 43.4 Å². The first-order chi connectivity index (χ1) is 6.38. The van der Waals surface area contributed by atoms with Gasteiger partial charge in [0.1, 0.15) is 5.60 Å². The van der Waals surface area contributed by atoms with Crippen LogP contribution in [0.3, 0.4) is 0 Å². The van der Waals surface area contributed by atoms with Crippen molar-refractivity contribution in [2.24, 2.45) is 0 Å². The van der Waals surface area contributed by atoms with Gasteiger partial charge in [-0.15, -0.1) is 11.3 Å².